The molecule has 6 heteroatoms. The van der Waals surface area contributed by atoms with E-state index in [1.54, 1.807) is 0 Å². The minimum atomic E-state index is -1.61. The van der Waals surface area contributed by atoms with Crippen molar-refractivity contribution in [3.8, 4) is 0 Å². The summed E-state index contributed by atoms with van der Waals surface area (Å²) in [6.45, 7) is 0. The Bertz CT molecular complexity index is 648. The summed E-state index contributed by atoms with van der Waals surface area (Å²) in [4.78, 5) is 24.0. The number of aromatic carboxylic acids is 1. The maximum Gasteiger partial charge on any atom is 0.339 e. The Morgan fingerprint density at radius 2 is 2.00 bits per heavy atom. The Balaban J connectivity index is 3.02. The van der Waals surface area contributed by atoms with Crippen LogP contribution in [0.1, 0.15) is 10.4 Å². The Kier molecular flexibility index (Phi) is 2.19. The first-order valence-electron chi connectivity index (χ1n) is 4.25. The summed E-state index contributed by atoms with van der Waals surface area (Å²) in [5, 5.41) is 8.59. The summed E-state index contributed by atoms with van der Waals surface area (Å²) in [6.07, 6.45) is 0. The Hall–Kier alpha value is -2.24. The third-order valence-electron chi connectivity index (χ3n) is 2.13. The van der Waals surface area contributed by atoms with E-state index in [1.165, 1.54) is 6.07 Å². The van der Waals surface area contributed by atoms with Gasteiger partial charge in [0, 0.05) is 10.9 Å². The molecule has 0 amide bonds. The second-order valence-corrected chi connectivity index (χ2v) is 3.14. The van der Waals surface area contributed by atoms with Crippen molar-refractivity contribution in [3.63, 3.8) is 0 Å². The van der Waals surface area contributed by atoms with Gasteiger partial charge in [0.15, 0.2) is 0 Å². The number of hydrogen-bond acceptors (Lipinski definition) is 2. The lowest BCUT2D eigenvalue weighted by Gasteiger charge is -2.03. The van der Waals surface area contributed by atoms with Gasteiger partial charge in [0.05, 0.1) is 0 Å². The predicted molar refractivity (Wildman–Crippen MR) is 51.4 cm³/mol. The summed E-state index contributed by atoms with van der Waals surface area (Å²) in [7, 11) is 0. The first kappa shape index (κ1) is 10.3. The van der Waals surface area contributed by atoms with Crippen LogP contribution in [0, 0.1) is 11.6 Å². The summed E-state index contributed by atoms with van der Waals surface area (Å²) in [6, 6.07) is 3.08. The van der Waals surface area contributed by atoms with E-state index in [0.29, 0.717) is 0 Å². The molecule has 2 rings (SSSR count). The molecule has 2 aromatic rings. The highest BCUT2D eigenvalue weighted by Gasteiger charge is 2.18. The maximum atomic E-state index is 13.3. The highest BCUT2D eigenvalue weighted by atomic mass is 19.1. The lowest BCUT2D eigenvalue weighted by Crippen LogP contribution is -2.17. The molecular weight excluding hydrogens is 220 g/mol. The molecule has 0 aliphatic carbocycles. The zero-order valence-corrected chi connectivity index (χ0v) is 7.75. The Morgan fingerprint density at radius 3 is 2.62 bits per heavy atom. The number of aromatic amines is 1. The molecule has 0 unspecified atom stereocenters. The number of rotatable bonds is 1. The molecule has 1 heterocycles. The summed E-state index contributed by atoms with van der Waals surface area (Å²) >= 11 is 0. The number of hydrogen-bond donors (Lipinski definition) is 2. The van der Waals surface area contributed by atoms with Crippen molar-refractivity contribution in [2.75, 3.05) is 0 Å². The second-order valence-electron chi connectivity index (χ2n) is 3.14. The van der Waals surface area contributed by atoms with Gasteiger partial charge in [-0.25, -0.2) is 9.18 Å². The number of nitrogens with one attached hydrogen (secondary N) is 1. The van der Waals surface area contributed by atoms with Crippen molar-refractivity contribution in [1.82, 2.24) is 4.98 Å². The molecule has 0 saturated heterocycles. The van der Waals surface area contributed by atoms with E-state index in [-0.39, 0.29) is 10.9 Å². The van der Waals surface area contributed by atoms with E-state index in [9.17, 15) is 18.4 Å². The van der Waals surface area contributed by atoms with Gasteiger partial charge in [-0.05, 0) is 18.2 Å². The van der Waals surface area contributed by atoms with E-state index in [1.807, 2.05) is 0 Å². The molecule has 0 saturated carbocycles. The summed E-state index contributed by atoms with van der Waals surface area (Å²) in [5.41, 5.74) is -1.89. The Morgan fingerprint density at radius 1 is 1.31 bits per heavy atom. The summed E-state index contributed by atoms with van der Waals surface area (Å²) < 4.78 is 26.2. The molecule has 16 heavy (non-hydrogen) atoms. The van der Waals surface area contributed by atoms with Crippen molar-refractivity contribution < 1.29 is 18.7 Å². The minimum Gasteiger partial charge on any atom is -0.478 e. The molecule has 0 fully saturated rings. The van der Waals surface area contributed by atoms with Gasteiger partial charge in [0.1, 0.15) is 11.4 Å². The van der Waals surface area contributed by atoms with Gasteiger partial charge in [-0.3, -0.25) is 4.79 Å². The van der Waals surface area contributed by atoms with Gasteiger partial charge in [-0.2, -0.15) is 4.39 Å². The lowest BCUT2D eigenvalue weighted by atomic mass is 10.1. The SMILES string of the molecule is O=C(O)c1c(F)c(=O)[nH]c2ccc(F)cc12. The third kappa shape index (κ3) is 1.44. The number of fused-ring (bicyclic) bond motifs is 1. The number of halogens is 2. The summed E-state index contributed by atoms with van der Waals surface area (Å²) in [5.74, 6) is -3.74. The number of benzene rings is 1. The first-order chi connectivity index (χ1) is 7.50. The molecule has 1 aromatic carbocycles. The molecule has 0 radical (unpaired) electrons. The van der Waals surface area contributed by atoms with Crippen LogP contribution < -0.4 is 5.56 Å². The molecule has 82 valence electrons. The molecular formula is C10H5F2NO3. The minimum absolute atomic E-state index is 0.0743. The smallest absolute Gasteiger partial charge is 0.339 e. The normalized spacial score (nSPS) is 10.6. The average Bonchev–Trinajstić information content (AvgIpc) is 2.20. The van der Waals surface area contributed by atoms with E-state index < -0.39 is 28.7 Å². The van der Waals surface area contributed by atoms with E-state index >= 15 is 0 Å². The monoisotopic (exact) mass is 225 g/mol. The van der Waals surface area contributed by atoms with Gasteiger partial charge in [-0.15, -0.1) is 0 Å². The number of aromatic nitrogens is 1. The second kappa shape index (κ2) is 3.41. The predicted octanol–water partition coefficient (Wildman–Crippen LogP) is 1.50. The Labute approximate surface area is 87.1 Å². The maximum absolute atomic E-state index is 13.3. The molecule has 0 bridgehead atoms. The van der Waals surface area contributed by atoms with Gasteiger partial charge < -0.3 is 10.1 Å². The number of carboxylic acids is 1. The van der Waals surface area contributed by atoms with Crippen LogP contribution in [0.15, 0.2) is 23.0 Å². The number of H-pyrrole nitrogens is 1. The molecule has 4 nitrogen and oxygen atoms in total. The molecule has 0 aliphatic heterocycles. The molecule has 0 spiro atoms. The van der Waals surface area contributed by atoms with Gasteiger partial charge >= 0.3 is 5.97 Å². The fourth-order valence-electron chi connectivity index (χ4n) is 1.45. The van der Waals surface area contributed by atoms with Crippen LogP contribution in [-0.4, -0.2) is 16.1 Å². The van der Waals surface area contributed by atoms with Crippen LogP contribution in [-0.2, 0) is 0 Å². The van der Waals surface area contributed by atoms with Gasteiger partial charge in [0.2, 0.25) is 5.82 Å². The standard InChI is InChI=1S/C10H5F2NO3/c11-4-1-2-6-5(3-4)7(10(15)16)8(12)9(14)13-6/h1-3H,(H,13,14)(H,15,16). The van der Waals surface area contributed by atoms with E-state index in [2.05, 4.69) is 4.98 Å². The van der Waals surface area contributed by atoms with Gasteiger partial charge in [-0.1, -0.05) is 0 Å². The van der Waals surface area contributed by atoms with Crippen molar-refractivity contribution >= 4 is 16.9 Å². The largest absolute Gasteiger partial charge is 0.478 e. The van der Waals surface area contributed by atoms with Gasteiger partial charge in [0.25, 0.3) is 5.56 Å². The van der Waals surface area contributed by atoms with Crippen molar-refractivity contribution in [1.29, 1.82) is 0 Å². The number of carbonyl (C=O) groups is 1. The van der Waals surface area contributed by atoms with Crippen LogP contribution in [0.4, 0.5) is 8.78 Å². The number of pyridine rings is 1. The highest BCUT2D eigenvalue weighted by Crippen LogP contribution is 2.18. The fourth-order valence-corrected chi connectivity index (χ4v) is 1.45. The average molecular weight is 225 g/mol. The van der Waals surface area contributed by atoms with E-state index in [4.69, 9.17) is 5.11 Å². The molecule has 1 aromatic heterocycles. The fraction of sp³-hybridized carbons (Fsp3) is 0. The quantitative estimate of drug-likeness (QED) is 0.772. The first-order valence-corrected chi connectivity index (χ1v) is 4.25. The molecule has 0 aliphatic rings. The van der Waals surface area contributed by atoms with Crippen molar-refractivity contribution in [3.05, 3.63) is 45.8 Å². The van der Waals surface area contributed by atoms with Crippen LogP contribution in [0.25, 0.3) is 10.9 Å². The van der Waals surface area contributed by atoms with Crippen molar-refractivity contribution in [2.45, 2.75) is 0 Å². The van der Waals surface area contributed by atoms with Crippen LogP contribution in [0.5, 0.6) is 0 Å². The van der Waals surface area contributed by atoms with E-state index in [0.717, 1.165) is 12.1 Å². The number of carboxylic acid groups (broad SMARTS) is 1. The van der Waals surface area contributed by atoms with Crippen molar-refractivity contribution in [2.24, 2.45) is 0 Å². The topological polar surface area (TPSA) is 70.2 Å². The van der Waals surface area contributed by atoms with Crippen LogP contribution in [0.2, 0.25) is 0 Å². The zero-order valence-electron chi connectivity index (χ0n) is 7.75. The highest BCUT2D eigenvalue weighted by molar-refractivity contribution is 6.02. The zero-order chi connectivity index (χ0) is 11.9. The van der Waals surface area contributed by atoms with Crippen LogP contribution >= 0.6 is 0 Å². The van der Waals surface area contributed by atoms with Crippen LogP contribution in [0.3, 0.4) is 0 Å². The lowest BCUT2D eigenvalue weighted by molar-refractivity contribution is 0.0694. The third-order valence-corrected chi connectivity index (χ3v) is 2.13. The molecule has 0 atom stereocenters. The molecule has 2 N–H and O–H groups in total.